The summed E-state index contributed by atoms with van der Waals surface area (Å²) in [7, 11) is -3.52. The smallest absolute Gasteiger partial charge is 0.280 e. The molecule has 0 saturated carbocycles. The molecule has 1 amide bonds. The number of guanidine groups is 1. The highest BCUT2D eigenvalue weighted by Gasteiger charge is 2.20. The van der Waals surface area contributed by atoms with E-state index in [-0.39, 0.29) is 16.4 Å². The van der Waals surface area contributed by atoms with E-state index in [9.17, 15) is 13.2 Å². The van der Waals surface area contributed by atoms with Gasteiger partial charge >= 0.3 is 0 Å². The zero-order chi connectivity index (χ0) is 16.5. The fourth-order valence-electron chi connectivity index (χ4n) is 2.03. The number of hydrogen-bond donors (Lipinski definition) is 2. The predicted molar refractivity (Wildman–Crippen MR) is 87.7 cm³/mol. The van der Waals surface area contributed by atoms with Gasteiger partial charge in [-0.05, 0) is 36.1 Å². The van der Waals surface area contributed by atoms with Crippen LogP contribution in [0.5, 0.6) is 0 Å². The lowest BCUT2D eigenvalue weighted by atomic mass is 10.0. The molecule has 6 nitrogen and oxygen atoms in total. The quantitative estimate of drug-likeness (QED) is 0.651. The minimum absolute atomic E-state index is 0.0784. The van der Waals surface area contributed by atoms with E-state index in [2.05, 4.69) is 4.99 Å². The van der Waals surface area contributed by atoms with Gasteiger partial charge in [0.25, 0.3) is 5.91 Å². The van der Waals surface area contributed by atoms with Crippen LogP contribution in [0.4, 0.5) is 0 Å². The van der Waals surface area contributed by atoms with E-state index in [0.29, 0.717) is 11.1 Å². The molecular formula is C14H15N3O3S2. The van der Waals surface area contributed by atoms with E-state index in [0.717, 1.165) is 11.1 Å². The van der Waals surface area contributed by atoms with E-state index in [1.165, 1.54) is 17.4 Å². The van der Waals surface area contributed by atoms with Gasteiger partial charge in [0.2, 0.25) is 0 Å². The van der Waals surface area contributed by atoms with E-state index in [1.54, 1.807) is 13.0 Å². The first kappa shape index (κ1) is 16.2. The molecule has 1 aromatic carbocycles. The van der Waals surface area contributed by atoms with E-state index in [1.807, 2.05) is 17.5 Å². The number of hydrogen-bond acceptors (Lipinski definition) is 4. The molecule has 0 saturated heterocycles. The van der Waals surface area contributed by atoms with Crippen molar-refractivity contribution in [1.29, 1.82) is 0 Å². The molecule has 116 valence electrons. The van der Waals surface area contributed by atoms with E-state index < -0.39 is 15.7 Å². The van der Waals surface area contributed by atoms with Gasteiger partial charge in [-0.3, -0.25) is 4.79 Å². The number of sulfone groups is 1. The highest BCUT2D eigenvalue weighted by Crippen LogP contribution is 2.33. The number of thiophene rings is 1. The summed E-state index contributed by atoms with van der Waals surface area (Å²) in [6, 6.07) is 6.65. The molecule has 0 aliphatic carbocycles. The maximum atomic E-state index is 12.1. The van der Waals surface area contributed by atoms with Gasteiger partial charge in [-0.2, -0.15) is 4.99 Å². The lowest BCUT2D eigenvalue weighted by Crippen LogP contribution is -2.24. The lowest BCUT2D eigenvalue weighted by Gasteiger charge is -2.11. The molecule has 0 fully saturated rings. The minimum atomic E-state index is -3.52. The Hall–Kier alpha value is -2.19. The second-order valence-corrected chi connectivity index (χ2v) is 7.69. The van der Waals surface area contributed by atoms with Crippen molar-refractivity contribution >= 4 is 33.0 Å². The average molecular weight is 337 g/mol. The SMILES string of the molecule is Cc1cc(-c2cccs2)c(S(C)(=O)=O)cc1C(=O)N=C(N)N. The van der Waals surface area contributed by atoms with Crippen LogP contribution in [0.25, 0.3) is 10.4 Å². The number of rotatable bonds is 3. The summed E-state index contributed by atoms with van der Waals surface area (Å²) in [4.78, 5) is 16.4. The molecule has 1 aromatic heterocycles. The first-order valence-corrected chi connectivity index (χ1v) is 9.00. The number of nitrogens with two attached hydrogens (primary N) is 2. The van der Waals surface area contributed by atoms with Crippen LogP contribution in [0.3, 0.4) is 0 Å². The molecule has 2 aromatic rings. The summed E-state index contributed by atoms with van der Waals surface area (Å²) in [5.74, 6) is -1.03. The van der Waals surface area contributed by atoms with Crippen molar-refractivity contribution in [2.75, 3.05) is 6.26 Å². The number of carbonyl (C=O) groups excluding carboxylic acids is 1. The topological polar surface area (TPSA) is 116 Å². The Kier molecular flexibility index (Phi) is 4.34. The molecule has 2 rings (SSSR count). The van der Waals surface area contributed by atoms with Crippen molar-refractivity contribution in [3.05, 3.63) is 40.8 Å². The Labute approximate surface area is 132 Å². The van der Waals surface area contributed by atoms with Gasteiger partial charge in [-0.25, -0.2) is 8.42 Å². The molecule has 0 aliphatic rings. The van der Waals surface area contributed by atoms with Gasteiger partial charge in [0, 0.05) is 22.3 Å². The maximum Gasteiger partial charge on any atom is 0.280 e. The van der Waals surface area contributed by atoms with Crippen molar-refractivity contribution in [2.24, 2.45) is 16.5 Å². The van der Waals surface area contributed by atoms with E-state index in [4.69, 9.17) is 11.5 Å². The number of amides is 1. The monoisotopic (exact) mass is 337 g/mol. The molecule has 4 N–H and O–H groups in total. The van der Waals surface area contributed by atoms with Crippen molar-refractivity contribution in [1.82, 2.24) is 0 Å². The van der Waals surface area contributed by atoms with Crippen LogP contribution in [0.15, 0.2) is 39.5 Å². The first-order valence-electron chi connectivity index (χ1n) is 6.22. The summed E-state index contributed by atoms with van der Waals surface area (Å²) in [5, 5.41) is 1.86. The third-order valence-corrected chi connectivity index (χ3v) is 5.01. The normalized spacial score (nSPS) is 11.2. The lowest BCUT2D eigenvalue weighted by molar-refractivity contribution is 0.100. The summed E-state index contributed by atoms with van der Waals surface area (Å²) < 4.78 is 24.1. The molecule has 0 unspecified atom stereocenters. The van der Waals surface area contributed by atoms with Crippen LogP contribution < -0.4 is 11.5 Å². The summed E-state index contributed by atoms with van der Waals surface area (Å²) >= 11 is 1.42. The largest absolute Gasteiger partial charge is 0.370 e. The van der Waals surface area contributed by atoms with Crippen LogP contribution in [0, 0.1) is 6.92 Å². The second kappa shape index (κ2) is 5.90. The average Bonchev–Trinajstić information content (AvgIpc) is 2.89. The highest BCUT2D eigenvalue weighted by atomic mass is 32.2. The van der Waals surface area contributed by atoms with Crippen molar-refractivity contribution in [3.8, 4) is 10.4 Å². The van der Waals surface area contributed by atoms with Crippen LogP contribution in [0.2, 0.25) is 0 Å². The van der Waals surface area contributed by atoms with Gasteiger partial charge in [0.1, 0.15) is 0 Å². The Morgan fingerprint density at radius 2 is 1.95 bits per heavy atom. The third-order valence-electron chi connectivity index (χ3n) is 2.97. The van der Waals surface area contributed by atoms with Crippen molar-refractivity contribution in [2.45, 2.75) is 11.8 Å². The van der Waals surface area contributed by atoms with Crippen LogP contribution in [0.1, 0.15) is 15.9 Å². The first-order chi connectivity index (χ1) is 10.2. The van der Waals surface area contributed by atoms with Gasteiger partial charge in [-0.1, -0.05) is 6.07 Å². The Balaban J connectivity index is 2.73. The molecule has 0 atom stereocenters. The number of aliphatic imine (C=N–C) groups is 1. The Bertz CT molecular complexity index is 850. The minimum Gasteiger partial charge on any atom is -0.370 e. The Morgan fingerprint density at radius 1 is 1.27 bits per heavy atom. The molecular weight excluding hydrogens is 322 g/mol. The number of aryl methyl sites for hydroxylation is 1. The highest BCUT2D eigenvalue weighted by molar-refractivity contribution is 7.90. The Morgan fingerprint density at radius 3 is 2.45 bits per heavy atom. The predicted octanol–water partition coefficient (Wildman–Crippen LogP) is 1.54. The zero-order valence-electron chi connectivity index (χ0n) is 12.0. The van der Waals surface area contributed by atoms with Crippen LogP contribution in [-0.4, -0.2) is 26.5 Å². The number of nitrogens with zero attached hydrogens (tertiary/aromatic N) is 1. The molecule has 0 bridgehead atoms. The van der Waals surface area contributed by atoms with Gasteiger partial charge in [-0.15, -0.1) is 11.3 Å². The van der Waals surface area contributed by atoms with Crippen LogP contribution in [-0.2, 0) is 9.84 Å². The fraction of sp³-hybridized carbons (Fsp3) is 0.143. The van der Waals surface area contributed by atoms with Crippen molar-refractivity contribution in [3.63, 3.8) is 0 Å². The molecule has 0 aliphatic heterocycles. The van der Waals surface area contributed by atoms with Crippen LogP contribution >= 0.6 is 11.3 Å². The second-order valence-electron chi connectivity index (χ2n) is 4.75. The molecule has 0 spiro atoms. The number of carbonyl (C=O) groups is 1. The van der Waals surface area contributed by atoms with E-state index >= 15 is 0 Å². The molecule has 1 heterocycles. The summed E-state index contributed by atoms with van der Waals surface area (Å²) in [5.41, 5.74) is 11.7. The standard InChI is InChI=1S/C14H15N3O3S2/c1-8-6-10(11-4-3-5-21-11)12(22(2,19)20)7-9(8)13(18)17-14(15)16/h3-7H,1-2H3,(H4,15,16,17,18). The van der Waals surface area contributed by atoms with Gasteiger partial charge < -0.3 is 11.5 Å². The molecule has 22 heavy (non-hydrogen) atoms. The molecule has 0 radical (unpaired) electrons. The third kappa shape index (κ3) is 3.34. The van der Waals surface area contributed by atoms with Gasteiger partial charge in [0.15, 0.2) is 15.8 Å². The summed E-state index contributed by atoms with van der Waals surface area (Å²) in [6.45, 7) is 1.71. The maximum absolute atomic E-state index is 12.1. The summed E-state index contributed by atoms with van der Waals surface area (Å²) in [6.07, 6.45) is 1.10. The van der Waals surface area contributed by atoms with Gasteiger partial charge in [0.05, 0.1) is 4.90 Å². The van der Waals surface area contributed by atoms with Crippen molar-refractivity contribution < 1.29 is 13.2 Å². The number of benzene rings is 1. The molecule has 8 heteroatoms. The zero-order valence-corrected chi connectivity index (χ0v) is 13.7. The fourth-order valence-corrected chi connectivity index (χ4v) is 3.75.